The monoisotopic (exact) mass is 387 g/mol. The van der Waals surface area contributed by atoms with E-state index in [-0.39, 0.29) is 5.91 Å². The van der Waals surface area contributed by atoms with Crippen LogP contribution in [0.1, 0.15) is 56.5 Å². The molecular formula is C20H29N5OS. The highest BCUT2D eigenvalue weighted by atomic mass is 32.1. The number of thiazole rings is 1. The lowest BCUT2D eigenvalue weighted by atomic mass is 9.92. The van der Waals surface area contributed by atoms with Gasteiger partial charge in [-0.15, -0.1) is 11.3 Å². The number of carbonyl (C=O) groups is 1. The summed E-state index contributed by atoms with van der Waals surface area (Å²) in [6.07, 6.45) is 5.94. The number of carbonyl (C=O) groups excluding carboxylic acids is 1. The molecule has 6 nitrogen and oxygen atoms in total. The predicted molar refractivity (Wildman–Crippen MR) is 110 cm³/mol. The Labute approximate surface area is 165 Å². The molecule has 0 aromatic carbocycles. The smallest absolute Gasteiger partial charge is 0.242 e. The molecule has 0 radical (unpaired) electrons. The molecule has 0 saturated carbocycles. The van der Waals surface area contributed by atoms with Gasteiger partial charge in [-0.05, 0) is 45.2 Å². The van der Waals surface area contributed by atoms with E-state index in [0.29, 0.717) is 5.92 Å². The van der Waals surface area contributed by atoms with E-state index in [1.54, 1.807) is 25.2 Å². The van der Waals surface area contributed by atoms with Gasteiger partial charge in [0.1, 0.15) is 5.82 Å². The van der Waals surface area contributed by atoms with Crippen LogP contribution in [0.2, 0.25) is 0 Å². The third-order valence-corrected chi connectivity index (χ3v) is 5.78. The molecule has 3 rings (SSSR count). The number of piperidine rings is 1. The fourth-order valence-electron chi connectivity index (χ4n) is 3.37. The summed E-state index contributed by atoms with van der Waals surface area (Å²) in [5.41, 5.74) is 6.22. The number of nitrogens with two attached hydrogens (primary N) is 1. The second kappa shape index (κ2) is 8.35. The van der Waals surface area contributed by atoms with Crippen LogP contribution in [0.15, 0.2) is 24.4 Å². The number of nitrogens with one attached hydrogen (secondary N) is 1. The van der Waals surface area contributed by atoms with Crippen LogP contribution in [0.25, 0.3) is 0 Å². The van der Waals surface area contributed by atoms with E-state index in [0.717, 1.165) is 55.4 Å². The van der Waals surface area contributed by atoms with Gasteiger partial charge in [0, 0.05) is 35.8 Å². The van der Waals surface area contributed by atoms with Gasteiger partial charge in [-0.1, -0.05) is 19.4 Å². The lowest BCUT2D eigenvalue weighted by Crippen LogP contribution is -2.53. The summed E-state index contributed by atoms with van der Waals surface area (Å²) in [5, 5.41) is 4.21. The molecule has 2 aromatic heterocycles. The van der Waals surface area contributed by atoms with Crippen LogP contribution in [0.3, 0.4) is 0 Å². The van der Waals surface area contributed by atoms with Crippen molar-refractivity contribution in [3.8, 4) is 0 Å². The molecule has 3 heterocycles. The first-order valence-electron chi connectivity index (χ1n) is 9.63. The van der Waals surface area contributed by atoms with E-state index in [2.05, 4.69) is 23.3 Å². The Balaban J connectivity index is 1.61. The maximum Gasteiger partial charge on any atom is 0.242 e. The van der Waals surface area contributed by atoms with Crippen molar-refractivity contribution in [3.63, 3.8) is 0 Å². The molecule has 1 saturated heterocycles. The molecule has 0 spiro atoms. The summed E-state index contributed by atoms with van der Waals surface area (Å²) >= 11 is 1.68. The van der Waals surface area contributed by atoms with E-state index >= 15 is 0 Å². The molecule has 0 bridgehead atoms. The average molecular weight is 388 g/mol. The Morgan fingerprint density at radius 2 is 2.11 bits per heavy atom. The molecule has 1 fully saturated rings. The Morgan fingerprint density at radius 3 is 2.78 bits per heavy atom. The Hall–Kier alpha value is -1.99. The van der Waals surface area contributed by atoms with Gasteiger partial charge >= 0.3 is 0 Å². The van der Waals surface area contributed by atoms with Crippen molar-refractivity contribution in [2.24, 2.45) is 5.73 Å². The highest BCUT2D eigenvalue weighted by molar-refractivity contribution is 7.15. The standard InChI is InChI=1S/C20H29N5OS/c1-4-6-15-13-22-19(27-15)24-17-8-5-7-16(23-17)14-9-11-25(12-10-14)18(26)20(2,3)21/h5,7-8,13-14H,4,6,9-12,21H2,1-3H3,(H,22,23,24). The van der Waals surface area contributed by atoms with Gasteiger partial charge in [-0.25, -0.2) is 9.97 Å². The van der Waals surface area contributed by atoms with Crippen LogP contribution in [0.5, 0.6) is 0 Å². The van der Waals surface area contributed by atoms with Crippen LogP contribution in [0, 0.1) is 0 Å². The maximum atomic E-state index is 12.3. The average Bonchev–Trinajstić information content (AvgIpc) is 3.08. The van der Waals surface area contributed by atoms with Crippen molar-refractivity contribution in [2.75, 3.05) is 18.4 Å². The van der Waals surface area contributed by atoms with Crippen LogP contribution in [0.4, 0.5) is 10.9 Å². The minimum atomic E-state index is -0.806. The van der Waals surface area contributed by atoms with Crippen LogP contribution < -0.4 is 11.1 Å². The second-order valence-corrected chi connectivity index (χ2v) is 8.86. The molecule has 7 heteroatoms. The van der Waals surface area contributed by atoms with Gasteiger partial charge in [0.05, 0.1) is 5.54 Å². The lowest BCUT2D eigenvalue weighted by molar-refractivity contribution is -0.136. The summed E-state index contributed by atoms with van der Waals surface area (Å²) in [6.45, 7) is 7.17. The van der Waals surface area contributed by atoms with Crippen LogP contribution in [-0.4, -0.2) is 39.4 Å². The minimum Gasteiger partial charge on any atom is -0.341 e. The lowest BCUT2D eigenvalue weighted by Gasteiger charge is -2.35. The van der Waals surface area contributed by atoms with E-state index in [4.69, 9.17) is 10.7 Å². The minimum absolute atomic E-state index is 0.0241. The van der Waals surface area contributed by atoms with Gasteiger partial charge in [0.25, 0.3) is 0 Å². The zero-order valence-corrected chi connectivity index (χ0v) is 17.2. The first kappa shape index (κ1) is 19.8. The number of likely N-dealkylation sites (tertiary alicyclic amines) is 1. The molecule has 1 aliphatic heterocycles. The summed E-state index contributed by atoms with van der Waals surface area (Å²) in [7, 11) is 0. The summed E-state index contributed by atoms with van der Waals surface area (Å²) < 4.78 is 0. The van der Waals surface area contributed by atoms with E-state index in [1.807, 2.05) is 23.2 Å². The quantitative estimate of drug-likeness (QED) is 0.790. The van der Waals surface area contributed by atoms with Crippen LogP contribution in [-0.2, 0) is 11.2 Å². The van der Waals surface area contributed by atoms with Crippen molar-refractivity contribution in [1.82, 2.24) is 14.9 Å². The van der Waals surface area contributed by atoms with E-state index in [1.165, 1.54) is 4.88 Å². The number of amides is 1. The van der Waals surface area contributed by atoms with Gasteiger partial charge in [0.2, 0.25) is 5.91 Å². The molecule has 27 heavy (non-hydrogen) atoms. The van der Waals surface area contributed by atoms with Crippen molar-refractivity contribution in [1.29, 1.82) is 0 Å². The fraction of sp³-hybridized carbons (Fsp3) is 0.550. The number of hydrogen-bond acceptors (Lipinski definition) is 6. The van der Waals surface area contributed by atoms with Gasteiger partial charge < -0.3 is 16.0 Å². The third kappa shape index (κ3) is 5.05. The number of hydrogen-bond donors (Lipinski definition) is 2. The Bertz CT molecular complexity index is 775. The largest absolute Gasteiger partial charge is 0.341 e. The molecule has 146 valence electrons. The van der Waals surface area contributed by atoms with E-state index in [9.17, 15) is 4.79 Å². The number of pyridine rings is 1. The summed E-state index contributed by atoms with van der Waals surface area (Å²) in [4.78, 5) is 24.7. The normalized spacial score (nSPS) is 15.8. The first-order chi connectivity index (χ1) is 12.9. The Morgan fingerprint density at radius 1 is 1.37 bits per heavy atom. The van der Waals surface area contributed by atoms with Crippen LogP contribution >= 0.6 is 11.3 Å². The number of rotatable bonds is 6. The SMILES string of the molecule is CCCc1cnc(Nc2cccc(C3CCN(C(=O)C(C)(C)N)CC3)n2)s1. The first-order valence-corrected chi connectivity index (χ1v) is 10.5. The third-order valence-electron chi connectivity index (χ3n) is 4.81. The number of anilines is 2. The van der Waals surface area contributed by atoms with Crippen molar-refractivity contribution >= 4 is 28.2 Å². The van der Waals surface area contributed by atoms with Crippen molar-refractivity contribution in [2.45, 2.75) is 57.9 Å². The zero-order chi connectivity index (χ0) is 19.4. The molecule has 1 amide bonds. The topological polar surface area (TPSA) is 84.1 Å². The summed E-state index contributed by atoms with van der Waals surface area (Å²) in [5.74, 6) is 1.21. The highest BCUT2D eigenvalue weighted by Crippen LogP contribution is 2.29. The number of aromatic nitrogens is 2. The summed E-state index contributed by atoms with van der Waals surface area (Å²) in [6, 6.07) is 6.08. The predicted octanol–water partition coefficient (Wildman–Crippen LogP) is 3.68. The molecule has 0 unspecified atom stereocenters. The zero-order valence-electron chi connectivity index (χ0n) is 16.4. The molecule has 0 aliphatic carbocycles. The van der Waals surface area contributed by atoms with E-state index < -0.39 is 5.54 Å². The maximum absolute atomic E-state index is 12.3. The van der Waals surface area contributed by atoms with Gasteiger partial charge in [-0.2, -0.15) is 0 Å². The highest BCUT2D eigenvalue weighted by Gasteiger charge is 2.31. The molecule has 1 aliphatic rings. The molecular weight excluding hydrogens is 358 g/mol. The van der Waals surface area contributed by atoms with Crippen molar-refractivity contribution in [3.05, 3.63) is 35.0 Å². The Kier molecular flexibility index (Phi) is 6.11. The van der Waals surface area contributed by atoms with Gasteiger partial charge in [-0.3, -0.25) is 4.79 Å². The fourth-order valence-corrected chi connectivity index (χ4v) is 4.29. The second-order valence-electron chi connectivity index (χ2n) is 7.74. The van der Waals surface area contributed by atoms with Gasteiger partial charge in [0.15, 0.2) is 5.13 Å². The molecule has 0 atom stereocenters. The molecule has 2 aromatic rings. The van der Waals surface area contributed by atoms with Crippen molar-refractivity contribution < 1.29 is 4.79 Å². The number of nitrogens with zero attached hydrogens (tertiary/aromatic N) is 3. The molecule has 3 N–H and O–H groups in total. The number of aryl methyl sites for hydroxylation is 1.